The maximum atomic E-state index is 12.7. The summed E-state index contributed by atoms with van der Waals surface area (Å²) in [5.41, 5.74) is 2.53. The van der Waals surface area contributed by atoms with Crippen molar-refractivity contribution in [1.82, 2.24) is 4.90 Å². The van der Waals surface area contributed by atoms with Gasteiger partial charge in [0.15, 0.2) is 0 Å². The number of aliphatic hydroxyl groups is 1. The van der Waals surface area contributed by atoms with Crippen LogP contribution in [0.5, 0.6) is 0 Å². The van der Waals surface area contributed by atoms with Crippen LogP contribution in [0.1, 0.15) is 40.7 Å². The number of likely N-dealkylation sites (tertiary alicyclic amines) is 1. The van der Waals surface area contributed by atoms with Crippen LogP contribution in [0.3, 0.4) is 0 Å². The first-order chi connectivity index (χ1) is 9.69. The second-order valence-corrected chi connectivity index (χ2v) is 5.78. The number of aryl methyl sites for hydroxylation is 1. The zero-order valence-electron chi connectivity index (χ0n) is 11.7. The maximum Gasteiger partial charge on any atom is 0.254 e. The second kappa shape index (κ2) is 5.30. The van der Waals surface area contributed by atoms with Gasteiger partial charge in [-0.05, 0) is 49.8 Å². The maximum absolute atomic E-state index is 12.7. The Hall–Kier alpha value is -1.79. The highest BCUT2D eigenvalue weighted by molar-refractivity contribution is 5.96. The highest BCUT2D eigenvalue weighted by Gasteiger charge is 2.40. The van der Waals surface area contributed by atoms with E-state index in [0.29, 0.717) is 12.0 Å². The molecule has 0 aromatic heterocycles. The fourth-order valence-corrected chi connectivity index (χ4v) is 3.40. The quantitative estimate of drug-likeness (QED) is 0.792. The lowest BCUT2D eigenvalue weighted by Crippen LogP contribution is -2.38. The fraction of sp³-hybridized carbons (Fsp3) is 0.471. The van der Waals surface area contributed by atoms with Crippen molar-refractivity contribution in [3.05, 3.63) is 34.9 Å². The summed E-state index contributed by atoms with van der Waals surface area (Å²) in [5, 5.41) is 8.76. The van der Waals surface area contributed by atoms with E-state index < -0.39 is 0 Å². The number of benzene rings is 1. The predicted octanol–water partition coefficient (Wildman–Crippen LogP) is 1.96. The molecule has 2 atom stereocenters. The smallest absolute Gasteiger partial charge is 0.254 e. The van der Waals surface area contributed by atoms with Crippen LogP contribution in [0, 0.1) is 24.7 Å². The molecule has 0 spiro atoms. The van der Waals surface area contributed by atoms with E-state index in [2.05, 4.69) is 11.8 Å². The first-order valence-corrected chi connectivity index (χ1v) is 7.20. The molecule has 3 nitrogen and oxygen atoms in total. The third kappa shape index (κ3) is 2.32. The minimum atomic E-state index is -0.160. The molecule has 20 heavy (non-hydrogen) atoms. The van der Waals surface area contributed by atoms with Crippen molar-refractivity contribution in [2.45, 2.75) is 32.2 Å². The molecular formula is C17H19NO2. The van der Waals surface area contributed by atoms with Crippen molar-refractivity contribution in [1.29, 1.82) is 0 Å². The van der Waals surface area contributed by atoms with Crippen LogP contribution in [0.2, 0.25) is 0 Å². The van der Waals surface area contributed by atoms with Crippen molar-refractivity contribution in [2.24, 2.45) is 5.92 Å². The van der Waals surface area contributed by atoms with Gasteiger partial charge in [-0.1, -0.05) is 17.9 Å². The van der Waals surface area contributed by atoms with Gasteiger partial charge in [-0.25, -0.2) is 0 Å². The average Bonchev–Trinajstić information content (AvgIpc) is 3.08. The summed E-state index contributed by atoms with van der Waals surface area (Å²) in [6, 6.07) is 6.12. The standard InChI is InChI=1S/C17H19NO2/c1-12-4-5-13(3-2-8-19)10-16(12)17(20)18-11-14-6-7-15(18)9-14/h4-5,10,14-15,19H,6-9,11H2,1H3. The molecule has 1 N–H and O–H groups in total. The van der Waals surface area contributed by atoms with E-state index in [4.69, 9.17) is 5.11 Å². The van der Waals surface area contributed by atoms with Crippen molar-refractivity contribution >= 4 is 5.91 Å². The van der Waals surface area contributed by atoms with Crippen molar-refractivity contribution in [2.75, 3.05) is 13.2 Å². The van der Waals surface area contributed by atoms with Crippen LogP contribution < -0.4 is 0 Å². The molecule has 1 aromatic carbocycles. The number of carbonyl (C=O) groups is 1. The van der Waals surface area contributed by atoms with Crippen LogP contribution >= 0.6 is 0 Å². The summed E-state index contributed by atoms with van der Waals surface area (Å²) in [6.07, 6.45) is 3.60. The molecule has 1 saturated carbocycles. The molecule has 2 bridgehead atoms. The SMILES string of the molecule is Cc1ccc(C#CCO)cc1C(=O)N1CC2CCC1C2. The number of hydrogen-bond acceptors (Lipinski definition) is 2. The van der Waals surface area contributed by atoms with Gasteiger partial charge in [-0.3, -0.25) is 4.79 Å². The van der Waals surface area contributed by atoms with Crippen LogP contribution in [0.4, 0.5) is 0 Å². The van der Waals surface area contributed by atoms with Crippen molar-refractivity contribution < 1.29 is 9.90 Å². The van der Waals surface area contributed by atoms with E-state index in [1.807, 2.05) is 30.0 Å². The van der Waals surface area contributed by atoms with Gasteiger partial charge >= 0.3 is 0 Å². The summed E-state index contributed by atoms with van der Waals surface area (Å²) in [6.45, 7) is 2.72. The molecule has 104 valence electrons. The van der Waals surface area contributed by atoms with Crippen LogP contribution in [-0.4, -0.2) is 35.1 Å². The largest absolute Gasteiger partial charge is 0.384 e. The first-order valence-electron chi connectivity index (χ1n) is 7.20. The molecule has 1 aliphatic heterocycles. The molecule has 2 fully saturated rings. The van der Waals surface area contributed by atoms with E-state index in [9.17, 15) is 4.79 Å². The van der Waals surface area contributed by atoms with Gasteiger partial charge in [-0.2, -0.15) is 0 Å². The van der Waals surface area contributed by atoms with E-state index in [-0.39, 0.29) is 12.5 Å². The third-order valence-electron chi connectivity index (χ3n) is 4.45. The molecule has 3 rings (SSSR count). The molecule has 1 amide bonds. The molecule has 1 saturated heterocycles. The highest BCUT2D eigenvalue weighted by Crippen LogP contribution is 2.38. The molecule has 1 aromatic rings. The lowest BCUT2D eigenvalue weighted by atomic mass is 10.0. The summed E-state index contributed by atoms with van der Waals surface area (Å²) in [5.74, 6) is 6.35. The summed E-state index contributed by atoms with van der Waals surface area (Å²) in [4.78, 5) is 14.8. The van der Waals surface area contributed by atoms with E-state index >= 15 is 0 Å². The van der Waals surface area contributed by atoms with Crippen LogP contribution in [0.25, 0.3) is 0 Å². The van der Waals surface area contributed by atoms with Gasteiger partial charge in [0.25, 0.3) is 5.91 Å². The molecule has 2 unspecified atom stereocenters. The lowest BCUT2D eigenvalue weighted by molar-refractivity contribution is 0.0703. The van der Waals surface area contributed by atoms with E-state index in [1.165, 1.54) is 12.8 Å². The zero-order chi connectivity index (χ0) is 14.1. The summed E-state index contributed by atoms with van der Waals surface area (Å²) in [7, 11) is 0. The Labute approximate surface area is 119 Å². The van der Waals surface area contributed by atoms with Gasteiger partial charge in [0.2, 0.25) is 0 Å². The lowest BCUT2D eigenvalue weighted by Gasteiger charge is -2.27. The number of piperidine rings is 1. The van der Waals surface area contributed by atoms with Crippen molar-refractivity contribution in [3.8, 4) is 11.8 Å². The predicted molar refractivity (Wildman–Crippen MR) is 77.3 cm³/mol. The molecule has 1 heterocycles. The number of nitrogens with zero attached hydrogens (tertiary/aromatic N) is 1. The highest BCUT2D eigenvalue weighted by atomic mass is 16.2. The third-order valence-corrected chi connectivity index (χ3v) is 4.45. The van der Waals surface area contributed by atoms with Gasteiger partial charge < -0.3 is 10.0 Å². The number of carbonyl (C=O) groups excluding carboxylic acids is 1. The second-order valence-electron chi connectivity index (χ2n) is 5.78. The van der Waals surface area contributed by atoms with E-state index in [0.717, 1.165) is 29.7 Å². The van der Waals surface area contributed by atoms with Crippen LogP contribution in [0.15, 0.2) is 18.2 Å². The molecule has 1 aliphatic carbocycles. The number of hydrogen-bond donors (Lipinski definition) is 1. The van der Waals surface area contributed by atoms with Gasteiger partial charge in [-0.15, -0.1) is 0 Å². The Kier molecular flexibility index (Phi) is 3.50. The zero-order valence-corrected chi connectivity index (χ0v) is 11.7. The van der Waals surface area contributed by atoms with E-state index in [1.54, 1.807) is 0 Å². The van der Waals surface area contributed by atoms with Crippen molar-refractivity contribution in [3.63, 3.8) is 0 Å². The van der Waals surface area contributed by atoms with Gasteiger partial charge in [0.05, 0.1) is 0 Å². The Bertz CT molecular complexity index is 597. The fourth-order valence-electron chi connectivity index (χ4n) is 3.40. The first kappa shape index (κ1) is 13.2. The summed E-state index contributed by atoms with van der Waals surface area (Å²) < 4.78 is 0. The number of aliphatic hydroxyl groups excluding tert-OH is 1. The van der Waals surface area contributed by atoms with Crippen LogP contribution in [-0.2, 0) is 0 Å². The monoisotopic (exact) mass is 269 g/mol. The Morgan fingerprint density at radius 1 is 1.45 bits per heavy atom. The van der Waals surface area contributed by atoms with Gasteiger partial charge in [0.1, 0.15) is 6.61 Å². The minimum absolute atomic E-state index is 0.141. The van der Waals surface area contributed by atoms with Gasteiger partial charge in [0, 0.05) is 23.7 Å². The number of amides is 1. The Morgan fingerprint density at radius 3 is 2.95 bits per heavy atom. The molecular weight excluding hydrogens is 250 g/mol. The average molecular weight is 269 g/mol. The normalized spacial score (nSPS) is 23.6. The minimum Gasteiger partial charge on any atom is -0.384 e. The summed E-state index contributed by atoms with van der Waals surface area (Å²) >= 11 is 0. The molecule has 3 heteroatoms. The topological polar surface area (TPSA) is 40.5 Å². The molecule has 2 aliphatic rings. The number of fused-ring (bicyclic) bond motifs is 2. The number of rotatable bonds is 1. The Morgan fingerprint density at radius 2 is 2.30 bits per heavy atom. The molecule has 0 radical (unpaired) electrons. The Balaban J connectivity index is 1.87.